The summed E-state index contributed by atoms with van der Waals surface area (Å²) in [5.74, 6) is -1.58. The molecule has 1 N–H and O–H groups in total. The van der Waals surface area contributed by atoms with Crippen LogP contribution in [-0.4, -0.2) is 23.1 Å². The predicted octanol–water partition coefficient (Wildman–Crippen LogP) is 11.7. The fourth-order valence-electron chi connectivity index (χ4n) is 5.10. The predicted molar refractivity (Wildman–Crippen MR) is 172 cm³/mol. The first kappa shape index (κ1) is 38.4. The number of esters is 1. The van der Waals surface area contributed by atoms with E-state index in [0.717, 1.165) is 44.9 Å². The van der Waals surface area contributed by atoms with E-state index < -0.39 is 18.0 Å². The van der Waals surface area contributed by atoms with E-state index in [-0.39, 0.29) is 0 Å². The molecule has 1 unspecified atom stereocenters. The average Bonchev–Trinajstić information content (AvgIpc) is 2.94. The van der Waals surface area contributed by atoms with Crippen molar-refractivity contribution < 1.29 is 19.4 Å². The largest absolute Gasteiger partial charge is 0.479 e. The number of hydrogen-bond donors (Lipinski definition) is 1. The van der Waals surface area contributed by atoms with Crippen LogP contribution in [0.25, 0.3) is 0 Å². The van der Waals surface area contributed by atoms with Crippen LogP contribution >= 0.6 is 0 Å². The maximum Gasteiger partial charge on any atom is 0.345 e. The summed E-state index contributed by atoms with van der Waals surface area (Å²) in [7, 11) is 0. The molecule has 0 rings (SSSR count). The summed E-state index contributed by atoms with van der Waals surface area (Å²) >= 11 is 0. The Bertz CT molecular complexity index is 610. The highest BCUT2D eigenvalue weighted by Gasteiger charge is 2.20. The fraction of sp³-hybridized carbons (Fsp3) is 0.833. The molecule has 0 heterocycles. The summed E-state index contributed by atoms with van der Waals surface area (Å²) in [5, 5.41) is 9.42. The number of carboxylic acid groups (broad SMARTS) is 1. The fourth-order valence-corrected chi connectivity index (χ4v) is 5.10. The molecule has 0 aromatic heterocycles. The van der Waals surface area contributed by atoms with Crippen LogP contribution in [-0.2, 0) is 14.3 Å². The molecule has 0 fully saturated rings. The second-order valence-electron chi connectivity index (χ2n) is 11.7. The van der Waals surface area contributed by atoms with Crippen LogP contribution in [0.3, 0.4) is 0 Å². The molecule has 4 nitrogen and oxygen atoms in total. The number of ether oxygens (including phenoxy) is 1. The number of unbranched alkanes of at least 4 members (excludes halogenated alkanes) is 23. The molecular weight excluding hydrogens is 496 g/mol. The van der Waals surface area contributed by atoms with Crippen molar-refractivity contribution in [3.8, 4) is 0 Å². The molecule has 0 bridgehead atoms. The molecule has 0 aromatic rings. The number of carbonyl (C=O) groups excluding carboxylic acids is 1. The van der Waals surface area contributed by atoms with Gasteiger partial charge in [-0.1, -0.05) is 154 Å². The zero-order valence-corrected chi connectivity index (χ0v) is 26.7. The number of carbonyl (C=O) groups is 2. The molecule has 4 heteroatoms. The van der Waals surface area contributed by atoms with Gasteiger partial charge in [-0.15, -0.1) is 0 Å². The molecule has 0 radical (unpaired) electrons. The Hall–Kier alpha value is -1.58. The van der Waals surface area contributed by atoms with Crippen LogP contribution < -0.4 is 0 Å². The summed E-state index contributed by atoms with van der Waals surface area (Å²) in [5.41, 5.74) is 0. The molecule has 0 aliphatic rings. The minimum absolute atomic E-state index is 0.391. The van der Waals surface area contributed by atoms with Gasteiger partial charge in [0.2, 0.25) is 0 Å². The van der Waals surface area contributed by atoms with Gasteiger partial charge in [0.15, 0.2) is 6.10 Å². The maximum absolute atomic E-state index is 12.1. The Kier molecular flexibility index (Phi) is 30.7. The van der Waals surface area contributed by atoms with E-state index in [1.165, 1.54) is 128 Å². The van der Waals surface area contributed by atoms with Crippen molar-refractivity contribution >= 4 is 11.9 Å². The first-order chi connectivity index (χ1) is 19.6. The van der Waals surface area contributed by atoms with Crippen LogP contribution in [0.4, 0.5) is 0 Å². The number of carboxylic acids is 1. The Balaban J connectivity index is 3.65. The van der Waals surface area contributed by atoms with Gasteiger partial charge in [0.05, 0.1) is 0 Å². The molecule has 0 aliphatic heterocycles. The lowest BCUT2D eigenvalue weighted by atomic mass is 10.0. The normalized spacial score (nSPS) is 12.4. The zero-order chi connectivity index (χ0) is 29.4. The van der Waals surface area contributed by atoms with Crippen molar-refractivity contribution in [3.63, 3.8) is 0 Å². The lowest BCUT2D eigenvalue weighted by molar-refractivity contribution is -0.161. The molecular formula is C36H66O4. The molecule has 0 aliphatic carbocycles. The van der Waals surface area contributed by atoms with Crippen LogP contribution in [0.5, 0.6) is 0 Å². The molecule has 0 spiro atoms. The van der Waals surface area contributed by atoms with E-state index in [0.29, 0.717) is 6.42 Å². The first-order valence-corrected chi connectivity index (χ1v) is 17.4. The Morgan fingerprint density at radius 1 is 0.525 bits per heavy atom. The van der Waals surface area contributed by atoms with E-state index in [2.05, 4.69) is 26.0 Å². The molecule has 0 saturated carbocycles. The van der Waals surface area contributed by atoms with E-state index >= 15 is 0 Å². The van der Waals surface area contributed by atoms with Crippen molar-refractivity contribution in [2.24, 2.45) is 0 Å². The van der Waals surface area contributed by atoms with Crippen LogP contribution in [0.1, 0.15) is 187 Å². The summed E-state index contributed by atoms with van der Waals surface area (Å²) < 4.78 is 5.21. The van der Waals surface area contributed by atoms with Crippen molar-refractivity contribution in [1.82, 2.24) is 0 Å². The Labute approximate surface area is 248 Å². The van der Waals surface area contributed by atoms with Gasteiger partial charge in [0.1, 0.15) is 0 Å². The van der Waals surface area contributed by atoms with E-state index in [1.807, 2.05) is 6.08 Å². The number of hydrogen-bond acceptors (Lipinski definition) is 3. The van der Waals surface area contributed by atoms with Gasteiger partial charge in [0, 0.05) is 6.08 Å². The van der Waals surface area contributed by atoms with Gasteiger partial charge in [-0.25, -0.2) is 9.59 Å². The van der Waals surface area contributed by atoms with E-state index in [9.17, 15) is 14.7 Å². The number of aliphatic carboxylic acids is 1. The average molecular weight is 563 g/mol. The second kappa shape index (κ2) is 31.9. The molecule has 40 heavy (non-hydrogen) atoms. The van der Waals surface area contributed by atoms with Crippen LogP contribution in [0.15, 0.2) is 24.3 Å². The molecule has 0 saturated heterocycles. The third-order valence-corrected chi connectivity index (χ3v) is 7.74. The summed E-state index contributed by atoms with van der Waals surface area (Å²) in [6, 6.07) is 0. The SMILES string of the molecule is CCCCCCCCC=CCCCCCCC(OC(=O)C=CCCCCCCCCCCCCCCC)C(=O)O. The smallest absolute Gasteiger partial charge is 0.345 e. The van der Waals surface area contributed by atoms with Crippen molar-refractivity contribution in [2.45, 2.75) is 193 Å². The first-order valence-electron chi connectivity index (χ1n) is 17.4. The Morgan fingerprint density at radius 3 is 1.27 bits per heavy atom. The summed E-state index contributed by atoms with van der Waals surface area (Å²) in [4.78, 5) is 23.6. The van der Waals surface area contributed by atoms with Gasteiger partial charge >= 0.3 is 11.9 Å². The third kappa shape index (κ3) is 29.4. The minimum Gasteiger partial charge on any atom is -0.479 e. The van der Waals surface area contributed by atoms with Gasteiger partial charge in [-0.3, -0.25) is 0 Å². The summed E-state index contributed by atoms with van der Waals surface area (Å²) in [6.07, 6.45) is 39.5. The quantitative estimate of drug-likeness (QED) is 0.0395. The monoisotopic (exact) mass is 562 g/mol. The van der Waals surface area contributed by atoms with E-state index in [1.54, 1.807) is 0 Å². The zero-order valence-electron chi connectivity index (χ0n) is 26.7. The summed E-state index contributed by atoms with van der Waals surface area (Å²) in [6.45, 7) is 4.52. The van der Waals surface area contributed by atoms with E-state index in [4.69, 9.17) is 4.74 Å². The standard InChI is InChI=1S/C36H66O4/c1-3-5-7-9-11-13-15-17-19-21-23-25-27-29-31-33-35(37)40-34(36(38)39)32-30-28-26-24-22-20-18-16-14-12-10-8-6-4-2/h18,20,31,33-34H,3-17,19,21-30,32H2,1-2H3,(H,38,39). The lowest BCUT2D eigenvalue weighted by Gasteiger charge is -2.12. The van der Waals surface area contributed by atoms with Gasteiger partial charge in [-0.2, -0.15) is 0 Å². The van der Waals surface area contributed by atoms with Crippen molar-refractivity contribution in [3.05, 3.63) is 24.3 Å². The van der Waals surface area contributed by atoms with Crippen LogP contribution in [0, 0.1) is 0 Å². The Morgan fingerprint density at radius 2 is 0.875 bits per heavy atom. The third-order valence-electron chi connectivity index (χ3n) is 7.74. The molecule has 234 valence electrons. The highest BCUT2D eigenvalue weighted by Crippen LogP contribution is 2.14. The maximum atomic E-state index is 12.1. The molecule has 1 atom stereocenters. The van der Waals surface area contributed by atoms with Gasteiger partial charge < -0.3 is 9.84 Å². The van der Waals surface area contributed by atoms with Gasteiger partial charge in [-0.05, 0) is 51.4 Å². The highest BCUT2D eigenvalue weighted by atomic mass is 16.6. The topological polar surface area (TPSA) is 63.6 Å². The number of rotatable bonds is 31. The molecule has 0 amide bonds. The highest BCUT2D eigenvalue weighted by molar-refractivity contribution is 5.85. The number of allylic oxidation sites excluding steroid dienone is 3. The van der Waals surface area contributed by atoms with Crippen molar-refractivity contribution in [1.29, 1.82) is 0 Å². The van der Waals surface area contributed by atoms with Gasteiger partial charge in [0.25, 0.3) is 0 Å². The molecule has 0 aromatic carbocycles. The minimum atomic E-state index is -1.05. The lowest BCUT2D eigenvalue weighted by Crippen LogP contribution is -2.26. The second-order valence-corrected chi connectivity index (χ2v) is 11.7. The van der Waals surface area contributed by atoms with Crippen LogP contribution in [0.2, 0.25) is 0 Å². The van der Waals surface area contributed by atoms with Crippen molar-refractivity contribution in [2.75, 3.05) is 0 Å².